The second-order valence-electron chi connectivity index (χ2n) is 6.52. The number of unbranched alkanes of at least 4 members (excludes halogenated alkanes) is 1. The highest BCUT2D eigenvalue weighted by Gasteiger charge is 2.28. The predicted molar refractivity (Wildman–Crippen MR) is 98.7 cm³/mol. The molecule has 0 saturated carbocycles. The smallest absolute Gasteiger partial charge is 0.131 e. The van der Waals surface area contributed by atoms with Crippen molar-refractivity contribution in [1.29, 1.82) is 0 Å². The fraction of sp³-hybridized carbons (Fsp3) is 0.400. The molecule has 1 aliphatic heterocycles. The molecule has 0 bridgehead atoms. The lowest BCUT2D eigenvalue weighted by Gasteiger charge is -2.16. The lowest BCUT2D eigenvalue weighted by Crippen LogP contribution is -2.25. The van der Waals surface area contributed by atoms with E-state index in [1.807, 2.05) is 18.2 Å². The van der Waals surface area contributed by atoms with E-state index in [0.717, 1.165) is 50.9 Å². The first-order valence-electron chi connectivity index (χ1n) is 8.79. The Morgan fingerprint density at radius 2 is 1.88 bits per heavy atom. The van der Waals surface area contributed by atoms with E-state index in [1.54, 1.807) is 24.3 Å². The number of halogens is 1. The Balaban J connectivity index is 1.43. The van der Waals surface area contributed by atoms with E-state index >= 15 is 0 Å². The number of phenolic OH excluding ortho intramolecular Hbond substituents is 1. The van der Waals surface area contributed by atoms with Gasteiger partial charge in [-0.05, 0) is 62.5 Å². The van der Waals surface area contributed by atoms with Crippen LogP contribution in [0.25, 0.3) is 0 Å². The van der Waals surface area contributed by atoms with Crippen LogP contribution < -0.4 is 0 Å². The van der Waals surface area contributed by atoms with Gasteiger partial charge in [0.25, 0.3) is 0 Å². The summed E-state index contributed by atoms with van der Waals surface area (Å²) in [5.41, 5.74) is 0.780. The van der Waals surface area contributed by atoms with Crippen LogP contribution in [0.5, 0.6) is 5.75 Å². The van der Waals surface area contributed by atoms with Crippen LogP contribution in [0.4, 0.5) is 4.39 Å². The van der Waals surface area contributed by atoms with Crippen LogP contribution in [0.1, 0.15) is 24.8 Å². The molecule has 1 saturated heterocycles. The molecule has 2 atom stereocenters. The van der Waals surface area contributed by atoms with E-state index < -0.39 is 10.8 Å². The molecule has 0 aliphatic carbocycles. The molecule has 1 heterocycles. The first-order valence-corrected chi connectivity index (χ1v) is 10.0. The van der Waals surface area contributed by atoms with Crippen LogP contribution in [0, 0.1) is 5.82 Å². The van der Waals surface area contributed by atoms with Crippen LogP contribution in [0.3, 0.4) is 0 Å². The molecule has 2 aromatic rings. The highest BCUT2D eigenvalue weighted by molar-refractivity contribution is 7.85. The van der Waals surface area contributed by atoms with Crippen molar-refractivity contribution in [2.75, 3.05) is 19.6 Å². The summed E-state index contributed by atoms with van der Waals surface area (Å²) in [6.07, 6.45) is 3.59. The summed E-state index contributed by atoms with van der Waals surface area (Å²) in [6, 6.07) is 13.8. The number of hydrogen-bond donors (Lipinski definition) is 1. The van der Waals surface area contributed by atoms with Crippen molar-refractivity contribution < 1.29 is 13.7 Å². The third-order valence-electron chi connectivity index (χ3n) is 4.74. The Kier molecular flexibility index (Phi) is 6.21. The molecule has 0 amide bonds. The molecule has 5 heteroatoms. The molecule has 3 nitrogen and oxygen atoms in total. The maximum atomic E-state index is 13.6. The van der Waals surface area contributed by atoms with E-state index in [-0.39, 0.29) is 16.8 Å². The van der Waals surface area contributed by atoms with Gasteiger partial charge >= 0.3 is 0 Å². The van der Waals surface area contributed by atoms with Crippen LogP contribution >= 0.6 is 0 Å². The Morgan fingerprint density at radius 3 is 2.68 bits per heavy atom. The summed E-state index contributed by atoms with van der Waals surface area (Å²) in [4.78, 5) is 2.86. The SMILES string of the molecule is O=S(c1ccccc1O)C1CCN(CCCCc2ccccc2F)C1. The number of benzene rings is 2. The molecule has 0 aromatic heterocycles. The Hall–Kier alpha value is -1.72. The van der Waals surface area contributed by atoms with E-state index in [2.05, 4.69) is 4.90 Å². The number of aromatic hydroxyl groups is 1. The average Bonchev–Trinajstić information content (AvgIpc) is 3.09. The van der Waals surface area contributed by atoms with Crippen molar-refractivity contribution in [2.45, 2.75) is 35.8 Å². The van der Waals surface area contributed by atoms with Crippen LogP contribution in [-0.4, -0.2) is 39.1 Å². The molecule has 3 rings (SSSR count). The zero-order chi connectivity index (χ0) is 17.6. The first kappa shape index (κ1) is 18.1. The van der Waals surface area contributed by atoms with Crippen LogP contribution in [-0.2, 0) is 17.2 Å². The topological polar surface area (TPSA) is 40.5 Å². The van der Waals surface area contributed by atoms with Crippen molar-refractivity contribution in [3.8, 4) is 5.75 Å². The van der Waals surface area contributed by atoms with E-state index in [0.29, 0.717) is 4.90 Å². The van der Waals surface area contributed by atoms with Crippen LogP contribution in [0.15, 0.2) is 53.4 Å². The third kappa shape index (κ3) is 4.67. The minimum Gasteiger partial charge on any atom is -0.507 e. The second kappa shape index (κ2) is 8.59. The van der Waals surface area contributed by atoms with Gasteiger partial charge in [0.15, 0.2) is 0 Å². The molecular weight excluding hydrogens is 337 g/mol. The van der Waals surface area contributed by atoms with Crippen molar-refractivity contribution in [3.05, 3.63) is 59.9 Å². The monoisotopic (exact) mass is 361 g/mol. The van der Waals surface area contributed by atoms with Gasteiger partial charge < -0.3 is 10.0 Å². The van der Waals surface area contributed by atoms with Gasteiger partial charge in [-0.15, -0.1) is 0 Å². The lowest BCUT2D eigenvalue weighted by molar-refractivity contribution is 0.330. The van der Waals surface area contributed by atoms with Crippen molar-refractivity contribution in [3.63, 3.8) is 0 Å². The maximum absolute atomic E-state index is 13.6. The fourth-order valence-corrected chi connectivity index (χ4v) is 4.85. The van der Waals surface area contributed by atoms with Gasteiger partial charge in [-0.3, -0.25) is 4.21 Å². The zero-order valence-electron chi connectivity index (χ0n) is 14.2. The second-order valence-corrected chi connectivity index (χ2v) is 8.23. The molecule has 0 radical (unpaired) electrons. The van der Waals surface area contributed by atoms with Gasteiger partial charge in [0, 0.05) is 6.54 Å². The summed E-state index contributed by atoms with van der Waals surface area (Å²) < 4.78 is 26.2. The van der Waals surface area contributed by atoms with Gasteiger partial charge in [0.05, 0.1) is 20.9 Å². The number of likely N-dealkylation sites (tertiary alicyclic amines) is 1. The standard InChI is InChI=1S/C20H24FNO2S/c21-18-9-2-1-7-16(18)8-5-6-13-22-14-12-17(15-22)25(24)20-11-4-3-10-19(20)23/h1-4,7,9-11,17,23H,5-6,8,12-15H2. The highest BCUT2D eigenvalue weighted by Crippen LogP contribution is 2.26. The first-order chi connectivity index (χ1) is 12.1. The molecule has 2 aromatic carbocycles. The van der Waals surface area contributed by atoms with Gasteiger partial charge in [0.1, 0.15) is 11.6 Å². The molecule has 134 valence electrons. The molecular formula is C20H24FNO2S. The molecule has 0 spiro atoms. The Bertz CT molecular complexity index is 737. The lowest BCUT2D eigenvalue weighted by atomic mass is 10.1. The quantitative estimate of drug-likeness (QED) is 0.764. The van der Waals surface area contributed by atoms with Crippen LogP contribution in [0.2, 0.25) is 0 Å². The van der Waals surface area contributed by atoms with E-state index in [4.69, 9.17) is 0 Å². The Labute approximate surface area is 150 Å². The zero-order valence-corrected chi connectivity index (χ0v) is 15.1. The molecule has 25 heavy (non-hydrogen) atoms. The molecule has 2 unspecified atom stereocenters. The Morgan fingerprint density at radius 1 is 1.12 bits per heavy atom. The number of hydrogen-bond acceptors (Lipinski definition) is 3. The van der Waals surface area contributed by atoms with Crippen molar-refractivity contribution >= 4 is 10.8 Å². The summed E-state index contributed by atoms with van der Waals surface area (Å²) in [5, 5.41) is 9.94. The fourth-order valence-electron chi connectivity index (χ4n) is 3.33. The number of para-hydroxylation sites is 1. The van der Waals surface area contributed by atoms with E-state index in [1.165, 1.54) is 6.07 Å². The maximum Gasteiger partial charge on any atom is 0.131 e. The highest BCUT2D eigenvalue weighted by atomic mass is 32.2. The molecule has 1 aliphatic rings. The van der Waals surface area contributed by atoms with Gasteiger partial charge in [-0.2, -0.15) is 0 Å². The minimum atomic E-state index is -1.17. The summed E-state index contributed by atoms with van der Waals surface area (Å²) in [7, 11) is -1.17. The largest absolute Gasteiger partial charge is 0.507 e. The van der Waals surface area contributed by atoms with Gasteiger partial charge in [0.2, 0.25) is 0 Å². The predicted octanol–water partition coefficient (Wildman–Crippen LogP) is 3.74. The summed E-state index contributed by atoms with van der Waals surface area (Å²) >= 11 is 0. The van der Waals surface area contributed by atoms with E-state index in [9.17, 15) is 13.7 Å². The number of aryl methyl sites for hydroxylation is 1. The molecule has 1 N–H and O–H groups in total. The number of phenols is 1. The summed E-state index contributed by atoms with van der Waals surface area (Å²) in [5.74, 6) is -0.00836. The molecule has 1 fully saturated rings. The third-order valence-corrected chi connectivity index (χ3v) is 6.51. The number of nitrogens with zero attached hydrogens (tertiary/aromatic N) is 1. The normalized spacial score (nSPS) is 19.2. The van der Waals surface area contributed by atoms with Gasteiger partial charge in [-0.1, -0.05) is 30.3 Å². The number of rotatable bonds is 7. The minimum absolute atomic E-state index is 0.0693. The van der Waals surface area contributed by atoms with Crippen molar-refractivity contribution in [1.82, 2.24) is 4.90 Å². The summed E-state index contributed by atoms with van der Waals surface area (Å²) in [6.45, 7) is 2.67. The average molecular weight is 361 g/mol. The van der Waals surface area contributed by atoms with Crippen molar-refractivity contribution in [2.24, 2.45) is 0 Å². The van der Waals surface area contributed by atoms with Gasteiger partial charge in [-0.25, -0.2) is 4.39 Å².